The van der Waals surface area contributed by atoms with Crippen molar-refractivity contribution >= 4 is 27.6 Å². The Hall–Kier alpha value is 0.651. The quantitative estimate of drug-likeness (QED) is 0.420. The van der Waals surface area contributed by atoms with E-state index >= 15 is 0 Å². The molecule has 0 aliphatic rings. The SMILES string of the molecule is C[SiH](C)[SiH2]C[SiH3]. The van der Waals surface area contributed by atoms with Crippen molar-refractivity contribution in [1.82, 2.24) is 0 Å². The Labute approximate surface area is 47.0 Å². The lowest BCUT2D eigenvalue weighted by atomic mass is 11.9. The highest BCUT2D eigenvalue weighted by molar-refractivity contribution is 7.12. The molecule has 0 aromatic rings. The van der Waals surface area contributed by atoms with Gasteiger partial charge in [-0.2, -0.15) is 0 Å². The van der Waals surface area contributed by atoms with Gasteiger partial charge in [0.05, 0.1) is 0 Å². The third-order valence-corrected chi connectivity index (χ3v) is 13.0. The van der Waals surface area contributed by atoms with E-state index in [-0.39, 0.29) is 8.31 Å². The van der Waals surface area contributed by atoms with Gasteiger partial charge >= 0.3 is 0 Å². The van der Waals surface area contributed by atoms with Crippen molar-refractivity contribution in [3.05, 3.63) is 0 Å². The average molecular weight is 134 g/mol. The fourth-order valence-corrected chi connectivity index (χ4v) is 15.6. The van der Waals surface area contributed by atoms with Crippen molar-refractivity contribution in [3.63, 3.8) is 0 Å². The van der Waals surface area contributed by atoms with Crippen molar-refractivity contribution in [1.29, 1.82) is 0 Å². The summed E-state index contributed by atoms with van der Waals surface area (Å²) in [5.41, 5.74) is 1.67. The first-order valence-electron chi connectivity index (χ1n) is 2.77. The lowest BCUT2D eigenvalue weighted by Crippen LogP contribution is -2.11. The molecule has 0 heterocycles. The molecule has 0 saturated heterocycles. The van der Waals surface area contributed by atoms with Crippen LogP contribution in [0.1, 0.15) is 0 Å². The Kier molecular flexibility index (Phi) is 4.24. The monoisotopic (exact) mass is 134 g/mol. The van der Waals surface area contributed by atoms with Crippen molar-refractivity contribution in [2.75, 3.05) is 0 Å². The maximum atomic E-state index is 2.48. The summed E-state index contributed by atoms with van der Waals surface area (Å²) in [5.74, 6) is 0. The summed E-state index contributed by atoms with van der Waals surface area (Å²) in [7, 11) is 2.04. The van der Waals surface area contributed by atoms with Crippen LogP contribution in [0.15, 0.2) is 0 Å². The van der Waals surface area contributed by atoms with E-state index in [2.05, 4.69) is 13.1 Å². The summed E-state index contributed by atoms with van der Waals surface area (Å²) in [6, 6.07) is 0. The molecular formula is C3H14Si3. The molecule has 0 N–H and O–H groups in total. The van der Waals surface area contributed by atoms with Crippen LogP contribution in [0.2, 0.25) is 18.8 Å². The first-order chi connectivity index (χ1) is 2.77. The molecule has 38 valence electrons. The van der Waals surface area contributed by atoms with Crippen molar-refractivity contribution < 1.29 is 0 Å². The van der Waals surface area contributed by atoms with E-state index in [1.807, 2.05) is 0 Å². The van der Waals surface area contributed by atoms with Crippen LogP contribution >= 0.6 is 0 Å². The van der Waals surface area contributed by atoms with Crippen LogP contribution in [0.25, 0.3) is 0 Å². The van der Waals surface area contributed by atoms with Crippen LogP contribution in [-0.2, 0) is 0 Å². The van der Waals surface area contributed by atoms with Gasteiger partial charge < -0.3 is 0 Å². The van der Waals surface area contributed by atoms with E-state index in [1.54, 1.807) is 5.67 Å². The molecule has 0 spiro atoms. The van der Waals surface area contributed by atoms with E-state index in [1.165, 1.54) is 10.2 Å². The fourth-order valence-electron chi connectivity index (χ4n) is 0.577. The third kappa shape index (κ3) is 4.65. The molecule has 0 aliphatic carbocycles. The summed E-state index contributed by atoms with van der Waals surface area (Å²) < 4.78 is 0. The minimum Gasteiger partial charge on any atom is -0.0770 e. The number of rotatable bonds is 2. The van der Waals surface area contributed by atoms with Gasteiger partial charge in [0.1, 0.15) is 0 Å². The molecule has 0 radical (unpaired) electrons. The number of hydrogen-bond acceptors (Lipinski definition) is 0. The standard InChI is InChI=1S/C3H14Si3/c1-6(2)5-3-4/h6H,3,5H2,1-2,4H3. The van der Waals surface area contributed by atoms with Crippen LogP contribution in [0.3, 0.4) is 0 Å². The topological polar surface area (TPSA) is 0 Å². The summed E-state index contributed by atoms with van der Waals surface area (Å²) in [6.45, 7) is 4.95. The van der Waals surface area contributed by atoms with Gasteiger partial charge in [-0.15, -0.1) is 0 Å². The van der Waals surface area contributed by atoms with Crippen LogP contribution < -0.4 is 0 Å². The van der Waals surface area contributed by atoms with Gasteiger partial charge in [0, 0.05) is 17.4 Å². The van der Waals surface area contributed by atoms with Crippen molar-refractivity contribution in [2.45, 2.75) is 18.8 Å². The summed E-state index contributed by atoms with van der Waals surface area (Å²) in [6.07, 6.45) is 0. The molecule has 0 nitrogen and oxygen atoms in total. The molecule has 0 saturated carbocycles. The molecule has 0 aliphatic heterocycles. The van der Waals surface area contributed by atoms with Crippen molar-refractivity contribution in [3.8, 4) is 0 Å². The lowest BCUT2D eigenvalue weighted by Gasteiger charge is -1.92. The van der Waals surface area contributed by atoms with Gasteiger partial charge in [-0.25, -0.2) is 0 Å². The van der Waals surface area contributed by atoms with E-state index in [0.717, 1.165) is 0 Å². The molecule has 3 heteroatoms. The minimum absolute atomic E-state index is 0.00309. The second-order valence-electron chi connectivity index (χ2n) is 2.18. The van der Waals surface area contributed by atoms with E-state index in [0.29, 0.717) is 9.04 Å². The fraction of sp³-hybridized carbons (Fsp3) is 1.00. The van der Waals surface area contributed by atoms with Gasteiger partial charge in [0.15, 0.2) is 0 Å². The Bertz CT molecular complexity index is 27.2. The Morgan fingerprint density at radius 2 is 2.17 bits per heavy atom. The van der Waals surface area contributed by atoms with Gasteiger partial charge in [-0.3, -0.25) is 0 Å². The van der Waals surface area contributed by atoms with Gasteiger partial charge in [0.25, 0.3) is 0 Å². The highest BCUT2D eigenvalue weighted by Crippen LogP contribution is 1.76. The first-order valence-corrected chi connectivity index (χ1v) is 10.8. The number of hydrogen-bond donors (Lipinski definition) is 0. The van der Waals surface area contributed by atoms with Crippen LogP contribution in [-0.4, -0.2) is 27.6 Å². The maximum Gasteiger partial charge on any atom is 0.0177 e. The van der Waals surface area contributed by atoms with E-state index < -0.39 is 0 Å². The Morgan fingerprint density at radius 1 is 1.67 bits per heavy atom. The molecule has 0 bridgehead atoms. The van der Waals surface area contributed by atoms with Crippen LogP contribution in [0.5, 0.6) is 0 Å². The lowest BCUT2D eigenvalue weighted by molar-refractivity contribution is 2.02. The van der Waals surface area contributed by atoms with Gasteiger partial charge in [0.2, 0.25) is 0 Å². The first kappa shape index (κ1) is 6.65. The van der Waals surface area contributed by atoms with E-state index in [4.69, 9.17) is 0 Å². The molecule has 0 fully saturated rings. The summed E-state index contributed by atoms with van der Waals surface area (Å²) in [5, 5.41) is 0. The summed E-state index contributed by atoms with van der Waals surface area (Å²) >= 11 is 0. The molecule has 6 heavy (non-hydrogen) atoms. The second kappa shape index (κ2) is 3.83. The predicted octanol–water partition coefficient (Wildman–Crippen LogP) is -1.12. The highest BCUT2D eigenvalue weighted by atomic mass is 29.2. The van der Waals surface area contributed by atoms with E-state index in [9.17, 15) is 0 Å². The molecule has 0 unspecified atom stereocenters. The highest BCUT2D eigenvalue weighted by Gasteiger charge is 1.89. The molecule has 0 atom stereocenters. The summed E-state index contributed by atoms with van der Waals surface area (Å²) in [4.78, 5) is 0. The third-order valence-electron chi connectivity index (χ3n) is 0.866. The maximum absolute atomic E-state index is 2.48. The van der Waals surface area contributed by atoms with Crippen LogP contribution in [0, 0.1) is 0 Å². The van der Waals surface area contributed by atoms with Gasteiger partial charge in [-0.1, -0.05) is 18.8 Å². The average Bonchev–Trinajstić information content (AvgIpc) is 1.35. The van der Waals surface area contributed by atoms with Gasteiger partial charge in [-0.05, 0) is 10.2 Å². The van der Waals surface area contributed by atoms with Crippen LogP contribution in [0.4, 0.5) is 0 Å². The Balaban J connectivity index is 2.63. The smallest absolute Gasteiger partial charge is 0.0177 e. The predicted molar refractivity (Wildman–Crippen MR) is 42.2 cm³/mol. The zero-order chi connectivity index (χ0) is 4.99. The Morgan fingerprint density at radius 3 is 2.17 bits per heavy atom. The molecule has 0 aromatic heterocycles. The largest absolute Gasteiger partial charge is 0.0770 e. The molecule has 0 rings (SSSR count). The molecular weight excluding hydrogens is 120 g/mol. The minimum atomic E-state index is 0.00309. The molecule has 0 amide bonds. The normalized spacial score (nSPS) is 12.5. The molecule has 0 aromatic carbocycles. The second-order valence-corrected chi connectivity index (χ2v) is 16.2. The van der Waals surface area contributed by atoms with Crippen molar-refractivity contribution in [2.24, 2.45) is 0 Å². The zero-order valence-corrected chi connectivity index (χ0v) is 9.56. The zero-order valence-electron chi connectivity index (χ0n) is 4.99.